The standard InChI is InChI=1S/C16H14ClF3N4O3S/c1-3-23(4-2)15(25)24-9-10(8-21)14(22-24)28(26,27)13-7-11(16(18,19)20)5-6-12(13)17/h5-7,9H,3-4H2,1-2H3. The van der Waals surface area contributed by atoms with E-state index in [1.165, 1.54) is 4.90 Å². The van der Waals surface area contributed by atoms with E-state index in [2.05, 4.69) is 5.10 Å². The Balaban J connectivity index is 2.65. The summed E-state index contributed by atoms with van der Waals surface area (Å²) in [5.41, 5.74) is -1.72. The Morgan fingerprint density at radius 3 is 2.43 bits per heavy atom. The first-order valence-electron chi connectivity index (χ1n) is 7.88. The van der Waals surface area contributed by atoms with E-state index < -0.39 is 48.1 Å². The highest BCUT2D eigenvalue weighted by Gasteiger charge is 2.35. The lowest BCUT2D eigenvalue weighted by atomic mass is 10.2. The van der Waals surface area contributed by atoms with Gasteiger partial charge in [0.05, 0.1) is 21.7 Å². The molecule has 12 heteroatoms. The van der Waals surface area contributed by atoms with Gasteiger partial charge in [-0.3, -0.25) is 0 Å². The second-order valence-corrected chi connectivity index (χ2v) is 7.75. The molecule has 0 aliphatic heterocycles. The van der Waals surface area contributed by atoms with Crippen LogP contribution in [0.2, 0.25) is 5.02 Å². The van der Waals surface area contributed by atoms with E-state index in [-0.39, 0.29) is 0 Å². The Hall–Kier alpha value is -2.58. The molecular weight excluding hydrogens is 421 g/mol. The number of nitriles is 1. The van der Waals surface area contributed by atoms with Crippen LogP contribution in [-0.4, -0.2) is 42.2 Å². The lowest BCUT2D eigenvalue weighted by molar-refractivity contribution is -0.137. The molecule has 0 radical (unpaired) electrons. The highest BCUT2D eigenvalue weighted by molar-refractivity contribution is 7.91. The minimum Gasteiger partial charge on any atom is -0.323 e. The molecule has 150 valence electrons. The first-order valence-corrected chi connectivity index (χ1v) is 9.74. The van der Waals surface area contributed by atoms with Crippen LogP contribution in [-0.2, 0) is 16.0 Å². The normalized spacial score (nSPS) is 11.9. The van der Waals surface area contributed by atoms with Gasteiger partial charge >= 0.3 is 12.2 Å². The summed E-state index contributed by atoms with van der Waals surface area (Å²) in [7, 11) is -4.70. The topological polar surface area (TPSA) is 96.1 Å². The van der Waals surface area contributed by atoms with Crippen molar-refractivity contribution in [3.63, 3.8) is 0 Å². The molecule has 1 aromatic carbocycles. The number of amides is 1. The van der Waals surface area contributed by atoms with E-state index in [1.54, 1.807) is 19.9 Å². The van der Waals surface area contributed by atoms with Crippen LogP contribution >= 0.6 is 11.6 Å². The van der Waals surface area contributed by atoms with Crippen molar-refractivity contribution < 1.29 is 26.4 Å². The number of carbonyl (C=O) groups excluding carboxylic acids is 1. The van der Waals surface area contributed by atoms with Crippen molar-refractivity contribution in [1.29, 1.82) is 5.26 Å². The molecule has 0 unspecified atom stereocenters. The van der Waals surface area contributed by atoms with E-state index in [0.29, 0.717) is 29.9 Å². The predicted molar refractivity (Wildman–Crippen MR) is 92.6 cm³/mol. The number of carbonyl (C=O) groups is 1. The van der Waals surface area contributed by atoms with Crippen molar-refractivity contribution in [3.8, 4) is 6.07 Å². The Morgan fingerprint density at radius 1 is 1.32 bits per heavy atom. The summed E-state index contributed by atoms with van der Waals surface area (Å²) in [6, 6.07) is 2.70. The summed E-state index contributed by atoms with van der Waals surface area (Å²) >= 11 is 5.80. The van der Waals surface area contributed by atoms with Gasteiger partial charge in [0.25, 0.3) is 0 Å². The third-order valence-corrected chi connectivity index (χ3v) is 6.00. The van der Waals surface area contributed by atoms with Crippen molar-refractivity contribution in [2.75, 3.05) is 13.1 Å². The summed E-state index contributed by atoms with van der Waals surface area (Å²) in [6.45, 7) is 3.99. The van der Waals surface area contributed by atoms with Crippen LogP contribution in [0.15, 0.2) is 34.3 Å². The van der Waals surface area contributed by atoms with Crippen molar-refractivity contribution in [2.24, 2.45) is 0 Å². The number of alkyl halides is 3. The Morgan fingerprint density at radius 2 is 1.93 bits per heavy atom. The Labute approximate surface area is 163 Å². The quantitative estimate of drug-likeness (QED) is 0.733. The van der Waals surface area contributed by atoms with Gasteiger partial charge in [-0.15, -0.1) is 0 Å². The van der Waals surface area contributed by atoms with Gasteiger partial charge in [0, 0.05) is 13.1 Å². The molecule has 0 bridgehead atoms. The molecule has 1 amide bonds. The Bertz CT molecular complexity index is 1050. The molecule has 1 heterocycles. The summed E-state index contributed by atoms with van der Waals surface area (Å²) < 4.78 is 65.2. The molecule has 0 fully saturated rings. The smallest absolute Gasteiger partial charge is 0.323 e. The highest BCUT2D eigenvalue weighted by Crippen LogP contribution is 2.35. The van der Waals surface area contributed by atoms with Crippen LogP contribution in [0.25, 0.3) is 0 Å². The molecule has 2 aromatic rings. The molecule has 0 saturated carbocycles. The van der Waals surface area contributed by atoms with Crippen LogP contribution in [0.4, 0.5) is 18.0 Å². The zero-order valence-electron chi connectivity index (χ0n) is 14.7. The maximum Gasteiger partial charge on any atom is 0.416 e. The zero-order valence-corrected chi connectivity index (χ0v) is 16.2. The predicted octanol–water partition coefficient (Wildman–Crippen LogP) is 3.57. The average Bonchev–Trinajstić information content (AvgIpc) is 3.07. The highest BCUT2D eigenvalue weighted by atomic mass is 35.5. The third-order valence-electron chi connectivity index (χ3n) is 3.83. The van der Waals surface area contributed by atoms with Crippen molar-refractivity contribution in [1.82, 2.24) is 14.7 Å². The van der Waals surface area contributed by atoms with Crippen LogP contribution < -0.4 is 0 Å². The third kappa shape index (κ3) is 3.98. The van der Waals surface area contributed by atoms with E-state index in [4.69, 9.17) is 11.6 Å². The van der Waals surface area contributed by atoms with Gasteiger partial charge < -0.3 is 4.90 Å². The van der Waals surface area contributed by atoms with E-state index in [9.17, 15) is 31.6 Å². The summed E-state index contributed by atoms with van der Waals surface area (Å²) in [6.07, 6.45) is -3.89. The molecule has 0 saturated heterocycles. The van der Waals surface area contributed by atoms with Gasteiger partial charge in [-0.1, -0.05) is 11.6 Å². The van der Waals surface area contributed by atoms with Gasteiger partial charge in [0.2, 0.25) is 9.84 Å². The molecule has 0 aliphatic rings. The second kappa shape index (κ2) is 7.81. The Kier molecular flexibility index (Phi) is 6.06. The largest absolute Gasteiger partial charge is 0.416 e. The maximum absolute atomic E-state index is 13.0. The zero-order chi connectivity index (χ0) is 21.3. The summed E-state index contributed by atoms with van der Waals surface area (Å²) in [4.78, 5) is 12.8. The number of hydrogen-bond acceptors (Lipinski definition) is 5. The maximum atomic E-state index is 13.0. The summed E-state index contributed by atoms with van der Waals surface area (Å²) in [5, 5.41) is 11.6. The van der Waals surface area contributed by atoms with Gasteiger partial charge in [-0.25, -0.2) is 13.2 Å². The minimum atomic E-state index is -4.80. The second-order valence-electron chi connectivity index (χ2n) is 5.51. The fraction of sp³-hybridized carbons (Fsp3) is 0.312. The van der Waals surface area contributed by atoms with Crippen LogP contribution in [0.1, 0.15) is 25.0 Å². The van der Waals surface area contributed by atoms with Crippen molar-refractivity contribution >= 4 is 27.5 Å². The number of sulfone groups is 1. The van der Waals surface area contributed by atoms with E-state index in [0.717, 1.165) is 12.3 Å². The molecular formula is C16H14ClF3N4O3S. The first-order chi connectivity index (χ1) is 13.0. The molecule has 0 aliphatic carbocycles. The van der Waals surface area contributed by atoms with Crippen LogP contribution in [0, 0.1) is 11.3 Å². The average molecular weight is 435 g/mol. The van der Waals surface area contributed by atoms with Crippen molar-refractivity contribution in [2.45, 2.75) is 29.9 Å². The number of halogens is 4. The van der Waals surface area contributed by atoms with Crippen molar-refractivity contribution in [3.05, 3.63) is 40.5 Å². The van der Waals surface area contributed by atoms with Crippen LogP contribution in [0.5, 0.6) is 0 Å². The SMILES string of the molecule is CCN(CC)C(=O)n1cc(C#N)c(S(=O)(=O)c2cc(C(F)(F)F)ccc2Cl)n1. The molecule has 0 spiro atoms. The molecule has 0 atom stereocenters. The number of benzene rings is 1. The number of nitrogens with zero attached hydrogens (tertiary/aromatic N) is 4. The van der Waals surface area contributed by atoms with Gasteiger partial charge in [0.1, 0.15) is 11.6 Å². The lowest BCUT2D eigenvalue weighted by Gasteiger charge is -2.17. The molecule has 28 heavy (non-hydrogen) atoms. The number of aromatic nitrogens is 2. The number of rotatable bonds is 4. The van der Waals surface area contributed by atoms with Crippen LogP contribution in [0.3, 0.4) is 0 Å². The van der Waals surface area contributed by atoms with Gasteiger partial charge in [0.15, 0.2) is 5.03 Å². The molecule has 1 aromatic heterocycles. The summed E-state index contributed by atoms with van der Waals surface area (Å²) in [5.74, 6) is 0. The lowest BCUT2D eigenvalue weighted by Crippen LogP contribution is -2.34. The monoisotopic (exact) mass is 434 g/mol. The van der Waals surface area contributed by atoms with E-state index >= 15 is 0 Å². The fourth-order valence-corrected chi connectivity index (χ4v) is 4.18. The number of hydrogen-bond donors (Lipinski definition) is 0. The molecule has 2 rings (SSSR count). The van der Waals surface area contributed by atoms with E-state index in [1.807, 2.05) is 0 Å². The fourth-order valence-electron chi connectivity index (χ4n) is 2.36. The van der Waals surface area contributed by atoms with Gasteiger partial charge in [-0.2, -0.15) is 28.2 Å². The molecule has 7 nitrogen and oxygen atoms in total. The minimum absolute atomic E-state index is 0.304. The first kappa shape index (κ1) is 21.7. The van der Waals surface area contributed by atoms with Gasteiger partial charge in [-0.05, 0) is 32.0 Å². The molecule has 0 N–H and O–H groups in total.